The Kier molecular flexibility index (Phi) is 8.47. The van der Waals surface area contributed by atoms with Gasteiger partial charge in [-0.25, -0.2) is 0 Å². The summed E-state index contributed by atoms with van der Waals surface area (Å²) in [6.07, 6.45) is 5.98. The van der Waals surface area contributed by atoms with E-state index < -0.39 is 11.9 Å². The molecule has 1 rings (SSSR count). The third-order valence-electron chi connectivity index (χ3n) is 3.39. The lowest BCUT2D eigenvalue weighted by atomic mass is 10.2. The number of ether oxygens (including phenoxy) is 2. The maximum Gasteiger partial charge on any atom is 0.251 e. The molecule has 0 saturated carbocycles. The second-order valence-corrected chi connectivity index (χ2v) is 5.16. The first-order valence-corrected chi connectivity index (χ1v) is 7.75. The van der Waals surface area contributed by atoms with Gasteiger partial charge < -0.3 is 20.1 Å². The van der Waals surface area contributed by atoms with Crippen LogP contribution in [-0.4, -0.2) is 49.1 Å². The first-order valence-electron chi connectivity index (χ1n) is 7.75. The van der Waals surface area contributed by atoms with Crippen LogP contribution in [0.15, 0.2) is 24.5 Å². The number of nitrogens with zero attached hydrogens (tertiary/aromatic N) is 1. The molecule has 0 spiro atoms. The Bertz CT molecular complexity index is 420. The predicted molar refractivity (Wildman–Crippen MR) is 83.9 cm³/mol. The zero-order chi connectivity index (χ0) is 16.4. The normalized spacial score (nSPS) is 18.9. The number of nitrogens with two attached hydrogens (primary N) is 1. The number of hydrogen-bond donors (Lipinski definition) is 1. The lowest BCUT2D eigenvalue weighted by molar-refractivity contribution is -0.134. The van der Waals surface area contributed by atoms with Crippen molar-refractivity contribution >= 4 is 11.7 Å². The number of carbonyl (C=O) groups excluding carboxylic acids is 2. The van der Waals surface area contributed by atoms with Crippen LogP contribution < -0.4 is 5.73 Å². The van der Waals surface area contributed by atoms with Crippen LogP contribution in [0.5, 0.6) is 0 Å². The molecule has 0 aromatic carbocycles. The third-order valence-corrected chi connectivity index (χ3v) is 3.39. The van der Waals surface area contributed by atoms with Crippen LogP contribution >= 0.6 is 0 Å². The van der Waals surface area contributed by atoms with E-state index in [1.165, 1.54) is 11.0 Å². The van der Waals surface area contributed by atoms with E-state index in [0.29, 0.717) is 26.4 Å². The van der Waals surface area contributed by atoms with Gasteiger partial charge >= 0.3 is 0 Å². The Morgan fingerprint density at radius 1 is 1.41 bits per heavy atom. The van der Waals surface area contributed by atoms with Gasteiger partial charge in [-0.3, -0.25) is 9.59 Å². The number of ketones is 1. The van der Waals surface area contributed by atoms with Crippen molar-refractivity contribution in [1.29, 1.82) is 0 Å². The molecule has 1 atom stereocenters. The molecule has 1 aliphatic rings. The topological polar surface area (TPSA) is 81.9 Å². The summed E-state index contributed by atoms with van der Waals surface area (Å²) in [6, 6.07) is 0. The number of rotatable bonds is 9. The van der Waals surface area contributed by atoms with Crippen LogP contribution in [0.25, 0.3) is 0 Å². The summed E-state index contributed by atoms with van der Waals surface area (Å²) >= 11 is 0. The first-order chi connectivity index (χ1) is 10.6. The van der Waals surface area contributed by atoms with Gasteiger partial charge in [0.15, 0.2) is 5.76 Å². The molecule has 1 saturated heterocycles. The lowest BCUT2D eigenvalue weighted by Crippen LogP contribution is -2.53. The maximum atomic E-state index is 12.2. The van der Waals surface area contributed by atoms with Crippen LogP contribution in [0.4, 0.5) is 0 Å². The molecule has 6 nitrogen and oxygen atoms in total. The molecule has 124 valence electrons. The highest BCUT2D eigenvalue weighted by Gasteiger charge is 2.24. The van der Waals surface area contributed by atoms with Crippen molar-refractivity contribution in [2.45, 2.75) is 38.8 Å². The van der Waals surface area contributed by atoms with E-state index in [0.717, 1.165) is 31.8 Å². The summed E-state index contributed by atoms with van der Waals surface area (Å²) in [5.41, 5.74) is 5.82. The Morgan fingerprint density at radius 3 is 2.82 bits per heavy atom. The largest absolute Gasteiger partial charge is 0.489 e. The van der Waals surface area contributed by atoms with Crippen LogP contribution in [0, 0.1) is 0 Å². The fourth-order valence-corrected chi connectivity index (χ4v) is 2.09. The van der Waals surface area contributed by atoms with Gasteiger partial charge in [0.2, 0.25) is 5.78 Å². The minimum Gasteiger partial charge on any atom is -0.489 e. The van der Waals surface area contributed by atoms with Crippen molar-refractivity contribution < 1.29 is 19.1 Å². The Labute approximate surface area is 131 Å². The molecule has 6 heteroatoms. The zero-order valence-corrected chi connectivity index (χ0v) is 13.3. The quantitative estimate of drug-likeness (QED) is 0.395. The summed E-state index contributed by atoms with van der Waals surface area (Å²) in [6.45, 7) is 7.11. The third kappa shape index (κ3) is 5.99. The van der Waals surface area contributed by atoms with E-state index >= 15 is 0 Å². The maximum absolute atomic E-state index is 12.2. The molecule has 0 aromatic rings. The van der Waals surface area contributed by atoms with Gasteiger partial charge in [0, 0.05) is 12.6 Å². The van der Waals surface area contributed by atoms with Gasteiger partial charge in [0.1, 0.15) is 6.17 Å². The predicted octanol–water partition coefficient (Wildman–Crippen LogP) is 1.37. The van der Waals surface area contributed by atoms with Crippen molar-refractivity contribution in [3.63, 3.8) is 0 Å². The molecule has 1 aliphatic heterocycles. The molecular weight excluding hydrogens is 284 g/mol. The zero-order valence-electron chi connectivity index (χ0n) is 13.3. The Balaban J connectivity index is 2.62. The number of carbonyl (C=O) groups is 2. The van der Waals surface area contributed by atoms with Crippen molar-refractivity contribution in [1.82, 2.24) is 4.90 Å². The molecule has 2 N–H and O–H groups in total. The summed E-state index contributed by atoms with van der Waals surface area (Å²) in [5, 5.41) is 0. The van der Waals surface area contributed by atoms with E-state index in [9.17, 15) is 9.59 Å². The highest BCUT2D eigenvalue weighted by atomic mass is 16.5. The average Bonchev–Trinajstić information content (AvgIpc) is 2.53. The van der Waals surface area contributed by atoms with Crippen LogP contribution in [-0.2, 0) is 19.1 Å². The van der Waals surface area contributed by atoms with Gasteiger partial charge in [-0.05, 0) is 12.5 Å². The van der Waals surface area contributed by atoms with Gasteiger partial charge in [-0.1, -0.05) is 32.8 Å². The molecule has 0 radical (unpaired) electrons. The van der Waals surface area contributed by atoms with Crippen LogP contribution in [0.1, 0.15) is 32.6 Å². The van der Waals surface area contributed by atoms with E-state index in [2.05, 4.69) is 13.5 Å². The first kappa shape index (κ1) is 18.4. The number of allylic oxidation sites excluding steroid dienone is 1. The molecule has 0 aromatic heterocycles. The van der Waals surface area contributed by atoms with Crippen LogP contribution in [0.3, 0.4) is 0 Å². The van der Waals surface area contributed by atoms with Crippen molar-refractivity contribution in [3.05, 3.63) is 24.5 Å². The molecule has 1 fully saturated rings. The SMILES string of the molecule is C=CC(=O)/C(=C/C(=O)N1CCOC[C@H]1N)OCCCCCC. The number of morpholine rings is 1. The lowest BCUT2D eigenvalue weighted by Gasteiger charge is -2.32. The molecule has 22 heavy (non-hydrogen) atoms. The average molecular weight is 310 g/mol. The molecular formula is C16H26N2O4. The number of hydrogen-bond acceptors (Lipinski definition) is 5. The standard InChI is InChI=1S/C16H26N2O4/c1-3-5-6-7-9-22-14(13(19)4-2)11-16(20)18-8-10-21-12-15(18)17/h4,11,15H,2-3,5-10,12,17H2,1H3/b14-11-/t15-/m0/s1. The Hall–Kier alpha value is -1.66. The van der Waals surface area contributed by atoms with Gasteiger partial charge in [0.05, 0.1) is 19.8 Å². The fraction of sp³-hybridized carbons (Fsp3) is 0.625. The highest BCUT2D eigenvalue weighted by Crippen LogP contribution is 2.09. The van der Waals surface area contributed by atoms with E-state index in [1.54, 1.807) is 0 Å². The second kappa shape index (κ2) is 10.1. The summed E-state index contributed by atoms with van der Waals surface area (Å²) in [5.74, 6) is -0.713. The molecule has 0 unspecified atom stereocenters. The van der Waals surface area contributed by atoms with E-state index in [-0.39, 0.29) is 11.7 Å². The monoisotopic (exact) mass is 310 g/mol. The molecule has 0 bridgehead atoms. The number of amides is 1. The smallest absolute Gasteiger partial charge is 0.251 e. The van der Waals surface area contributed by atoms with Crippen molar-refractivity contribution in [2.24, 2.45) is 5.73 Å². The molecule has 0 aliphatic carbocycles. The molecule has 1 amide bonds. The van der Waals surface area contributed by atoms with Gasteiger partial charge in [0.25, 0.3) is 5.91 Å². The minimum atomic E-state index is -0.498. The minimum absolute atomic E-state index is 0.0233. The second-order valence-electron chi connectivity index (χ2n) is 5.16. The van der Waals surface area contributed by atoms with Gasteiger partial charge in [-0.2, -0.15) is 0 Å². The summed E-state index contributed by atoms with van der Waals surface area (Å²) < 4.78 is 10.6. The van der Waals surface area contributed by atoms with E-state index in [4.69, 9.17) is 15.2 Å². The van der Waals surface area contributed by atoms with Crippen LogP contribution in [0.2, 0.25) is 0 Å². The summed E-state index contributed by atoms with van der Waals surface area (Å²) in [7, 11) is 0. The number of unbranched alkanes of at least 4 members (excludes halogenated alkanes) is 3. The highest BCUT2D eigenvalue weighted by molar-refractivity contribution is 6.06. The van der Waals surface area contributed by atoms with Crippen molar-refractivity contribution in [2.75, 3.05) is 26.4 Å². The van der Waals surface area contributed by atoms with Gasteiger partial charge in [-0.15, -0.1) is 0 Å². The summed E-state index contributed by atoms with van der Waals surface area (Å²) in [4.78, 5) is 25.5. The fourth-order valence-electron chi connectivity index (χ4n) is 2.09. The Morgan fingerprint density at radius 2 is 2.18 bits per heavy atom. The molecule has 1 heterocycles. The van der Waals surface area contributed by atoms with Crippen molar-refractivity contribution in [3.8, 4) is 0 Å². The van der Waals surface area contributed by atoms with E-state index in [1.807, 2.05) is 0 Å².